The highest BCUT2D eigenvalue weighted by Crippen LogP contribution is 2.28. The second-order valence-corrected chi connectivity index (χ2v) is 10.8. The highest BCUT2D eigenvalue weighted by atomic mass is 32.2. The number of methoxy groups -OCH3 is 1. The van der Waals surface area contributed by atoms with E-state index in [0.717, 1.165) is 10.8 Å². The van der Waals surface area contributed by atoms with E-state index in [1.807, 2.05) is 24.3 Å². The number of sulfonamides is 2. The highest BCUT2D eigenvalue weighted by molar-refractivity contribution is 7.89. The molecule has 1 aliphatic rings. The Labute approximate surface area is 176 Å². The summed E-state index contributed by atoms with van der Waals surface area (Å²) in [6.07, 6.45) is 0. The Balaban J connectivity index is 1.54. The van der Waals surface area contributed by atoms with Crippen LogP contribution in [0.5, 0.6) is 5.75 Å². The summed E-state index contributed by atoms with van der Waals surface area (Å²) in [6, 6.07) is 19.0. The van der Waals surface area contributed by atoms with Gasteiger partial charge < -0.3 is 4.74 Å². The predicted molar refractivity (Wildman–Crippen MR) is 114 cm³/mol. The van der Waals surface area contributed by atoms with Gasteiger partial charge in [-0.15, -0.1) is 0 Å². The van der Waals surface area contributed by atoms with Gasteiger partial charge in [-0.25, -0.2) is 16.8 Å². The molecule has 0 unspecified atom stereocenters. The van der Waals surface area contributed by atoms with E-state index in [0.29, 0.717) is 0 Å². The van der Waals surface area contributed by atoms with Gasteiger partial charge >= 0.3 is 0 Å². The third-order valence-corrected chi connectivity index (χ3v) is 9.08. The number of hydrogen-bond donors (Lipinski definition) is 0. The molecule has 30 heavy (non-hydrogen) atoms. The molecule has 0 N–H and O–H groups in total. The van der Waals surface area contributed by atoms with Crippen molar-refractivity contribution in [3.8, 4) is 5.75 Å². The fourth-order valence-electron chi connectivity index (χ4n) is 3.60. The van der Waals surface area contributed by atoms with Gasteiger partial charge in [0.15, 0.2) is 0 Å². The maximum Gasteiger partial charge on any atom is 0.246 e. The van der Waals surface area contributed by atoms with Crippen molar-refractivity contribution < 1.29 is 21.6 Å². The van der Waals surface area contributed by atoms with Gasteiger partial charge in [0.2, 0.25) is 20.0 Å². The van der Waals surface area contributed by atoms with Crippen LogP contribution in [0, 0.1) is 0 Å². The maximum atomic E-state index is 13.1. The molecule has 0 aromatic heterocycles. The zero-order chi connectivity index (χ0) is 21.4. The van der Waals surface area contributed by atoms with Crippen molar-refractivity contribution in [2.45, 2.75) is 9.79 Å². The molecule has 158 valence electrons. The Morgan fingerprint density at radius 1 is 0.700 bits per heavy atom. The van der Waals surface area contributed by atoms with Crippen molar-refractivity contribution in [1.29, 1.82) is 0 Å². The van der Waals surface area contributed by atoms with E-state index in [9.17, 15) is 16.8 Å². The van der Waals surface area contributed by atoms with E-state index in [2.05, 4.69) is 0 Å². The lowest BCUT2D eigenvalue weighted by Gasteiger charge is -2.33. The van der Waals surface area contributed by atoms with Crippen LogP contribution in [0.15, 0.2) is 76.5 Å². The van der Waals surface area contributed by atoms with Crippen LogP contribution < -0.4 is 4.74 Å². The van der Waals surface area contributed by atoms with Crippen LogP contribution in [0.1, 0.15) is 0 Å². The third kappa shape index (κ3) is 3.69. The Bertz CT molecular complexity index is 1280. The average molecular weight is 447 g/mol. The monoisotopic (exact) mass is 446 g/mol. The number of nitrogens with zero attached hydrogens (tertiary/aromatic N) is 2. The molecule has 1 aliphatic heterocycles. The number of fused-ring (bicyclic) bond motifs is 1. The Hall–Kier alpha value is -2.46. The number of benzene rings is 3. The molecule has 4 rings (SSSR count). The van der Waals surface area contributed by atoms with E-state index in [-0.39, 0.29) is 41.7 Å². The summed E-state index contributed by atoms with van der Waals surface area (Å²) < 4.78 is 60.0. The van der Waals surface area contributed by atoms with E-state index >= 15 is 0 Å². The summed E-state index contributed by atoms with van der Waals surface area (Å²) in [5.41, 5.74) is 0. The summed E-state index contributed by atoms with van der Waals surface area (Å²) >= 11 is 0. The molecule has 9 heteroatoms. The molecule has 0 spiro atoms. The standard InChI is InChI=1S/C21H22N2O5S2/c1-28-20-8-4-5-9-21(20)30(26,27)23-14-12-22(13-15-23)29(24,25)19-11-10-17-6-2-3-7-18(17)16-19/h2-11,16H,12-15H2,1H3. The molecular weight excluding hydrogens is 424 g/mol. The van der Waals surface area contributed by atoms with Crippen LogP contribution in [0.4, 0.5) is 0 Å². The summed E-state index contributed by atoms with van der Waals surface area (Å²) in [7, 11) is -6.07. The Kier molecular flexibility index (Phi) is 5.54. The van der Waals surface area contributed by atoms with E-state index in [1.165, 1.54) is 21.8 Å². The van der Waals surface area contributed by atoms with Crippen molar-refractivity contribution in [3.63, 3.8) is 0 Å². The van der Waals surface area contributed by atoms with Crippen LogP contribution >= 0.6 is 0 Å². The van der Waals surface area contributed by atoms with Crippen LogP contribution in [0.25, 0.3) is 10.8 Å². The van der Waals surface area contributed by atoms with Gasteiger partial charge in [0.05, 0.1) is 12.0 Å². The summed E-state index contributed by atoms with van der Waals surface area (Å²) in [4.78, 5) is 0.292. The van der Waals surface area contributed by atoms with Gasteiger partial charge in [-0.1, -0.05) is 42.5 Å². The van der Waals surface area contributed by atoms with Gasteiger partial charge in [-0.2, -0.15) is 8.61 Å². The first-order chi connectivity index (χ1) is 14.3. The van der Waals surface area contributed by atoms with Crippen LogP contribution in [-0.4, -0.2) is 58.7 Å². The minimum absolute atomic E-state index is 0.0766. The fraction of sp³-hybridized carbons (Fsp3) is 0.238. The summed E-state index contributed by atoms with van der Waals surface area (Å²) in [5.74, 6) is 0.267. The molecular formula is C21H22N2O5S2. The molecule has 0 saturated carbocycles. The molecule has 0 atom stereocenters. The number of piperazine rings is 1. The zero-order valence-electron chi connectivity index (χ0n) is 16.4. The van der Waals surface area contributed by atoms with E-state index in [4.69, 9.17) is 4.74 Å². The predicted octanol–water partition coefficient (Wildman–Crippen LogP) is 2.54. The lowest BCUT2D eigenvalue weighted by atomic mass is 10.1. The van der Waals surface area contributed by atoms with Gasteiger partial charge in [0.25, 0.3) is 0 Å². The van der Waals surface area contributed by atoms with Crippen molar-refractivity contribution in [1.82, 2.24) is 8.61 Å². The number of para-hydroxylation sites is 1. The molecule has 0 radical (unpaired) electrons. The Morgan fingerprint density at radius 2 is 1.27 bits per heavy atom. The molecule has 0 aliphatic carbocycles. The van der Waals surface area contributed by atoms with Crippen LogP contribution in [0.2, 0.25) is 0 Å². The minimum atomic E-state index is -3.78. The van der Waals surface area contributed by atoms with Crippen molar-refractivity contribution >= 4 is 30.8 Å². The number of ether oxygens (including phenoxy) is 1. The van der Waals surface area contributed by atoms with Crippen molar-refractivity contribution in [3.05, 3.63) is 66.7 Å². The second kappa shape index (κ2) is 7.99. The maximum absolute atomic E-state index is 13.1. The minimum Gasteiger partial charge on any atom is -0.495 e. The highest BCUT2D eigenvalue weighted by Gasteiger charge is 2.34. The SMILES string of the molecule is COc1ccccc1S(=O)(=O)N1CCN(S(=O)(=O)c2ccc3ccccc3c2)CC1. The molecule has 3 aromatic rings. The lowest BCUT2D eigenvalue weighted by Crippen LogP contribution is -2.50. The molecule has 3 aromatic carbocycles. The largest absolute Gasteiger partial charge is 0.495 e. The van der Waals surface area contributed by atoms with Gasteiger partial charge in [-0.05, 0) is 35.0 Å². The molecule has 0 bridgehead atoms. The van der Waals surface area contributed by atoms with Crippen molar-refractivity contribution in [2.75, 3.05) is 33.3 Å². The normalized spacial score (nSPS) is 16.6. The zero-order valence-corrected chi connectivity index (χ0v) is 18.1. The topological polar surface area (TPSA) is 84.0 Å². The second-order valence-electron chi connectivity index (χ2n) is 6.97. The quantitative estimate of drug-likeness (QED) is 0.601. The first-order valence-electron chi connectivity index (χ1n) is 9.46. The number of hydrogen-bond acceptors (Lipinski definition) is 5. The summed E-state index contributed by atoms with van der Waals surface area (Å²) in [5, 5.41) is 1.81. The van der Waals surface area contributed by atoms with Crippen LogP contribution in [0.3, 0.4) is 0 Å². The lowest BCUT2D eigenvalue weighted by molar-refractivity contribution is 0.272. The molecule has 1 fully saturated rings. The molecule has 7 nitrogen and oxygen atoms in total. The van der Waals surface area contributed by atoms with Crippen molar-refractivity contribution in [2.24, 2.45) is 0 Å². The van der Waals surface area contributed by atoms with E-state index < -0.39 is 20.0 Å². The number of rotatable bonds is 5. The van der Waals surface area contributed by atoms with Gasteiger partial charge in [0.1, 0.15) is 10.6 Å². The smallest absolute Gasteiger partial charge is 0.246 e. The van der Waals surface area contributed by atoms with Crippen LogP contribution in [-0.2, 0) is 20.0 Å². The first-order valence-corrected chi connectivity index (χ1v) is 12.3. The van der Waals surface area contributed by atoms with Gasteiger partial charge in [0, 0.05) is 26.2 Å². The average Bonchev–Trinajstić information content (AvgIpc) is 2.78. The first kappa shape index (κ1) is 20.8. The van der Waals surface area contributed by atoms with Gasteiger partial charge in [-0.3, -0.25) is 0 Å². The Morgan fingerprint density at radius 3 is 1.93 bits per heavy atom. The molecule has 1 heterocycles. The third-order valence-electron chi connectivity index (χ3n) is 5.24. The molecule has 1 saturated heterocycles. The summed E-state index contributed by atoms with van der Waals surface area (Å²) in [6.45, 7) is 0.327. The fourth-order valence-corrected chi connectivity index (χ4v) is 6.63. The molecule has 0 amide bonds. The van der Waals surface area contributed by atoms with E-state index in [1.54, 1.807) is 36.4 Å².